The zero-order valence-electron chi connectivity index (χ0n) is 12.2. The number of hydrogen-bond acceptors (Lipinski definition) is 4. The lowest BCUT2D eigenvalue weighted by atomic mass is 10.1. The highest BCUT2D eigenvalue weighted by atomic mass is 16.5. The monoisotopic (exact) mass is 284 g/mol. The van der Waals surface area contributed by atoms with Crippen LogP contribution in [0.4, 0.5) is 11.4 Å². The van der Waals surface area contributed by atoms with Crippen LogP contribution in [0.25, 0.3) is 0 Å². The average molecular weight is 284 g/mol. The van der Waals surface area contributed by atoms with E-state index in [1.807, 2.05) is 36.4 Å². The maximum atomic E-state index is 5.88. The molecule has 4 nitrogen and oxygen atoms in total. The lowest BCUT2D eigenvalue weighted by molar-refractivity contribution is 0.300. The van der Waals surface area contributed by atoms with Gasteiger partial charge in [0.2, 0.25) is 0 Å². The minimum atomic E-state index is 0.620. The number of hydrogen-bond donors (Lipinski definition) is 1. The van der Waals surface area contributed by atoms with Crippen LogP contribution in [0.3, 0.4) is 0 Å². The second-order valence-electron chi connectivity index (χ2n) is 5.12. The van der Waals surface area contributed by atoms with Crippen molar-refractivity contribution < 1.29 is 9.47 Å². The molecule has 4 heteroatoms. The molecule has 2 aromatic carbocycles. The number of methoxy groups -OCH3 is 1. The summed E-state index contributed by atoms with van der Waals surface area (Å²) < 4.78 is 11.1. The Balaban J connectivity index is 1.61. The van der Waals surface area contributed by atoms with Crippen molar-refractivity contribution in [2.75, 3.05) is 37.4 Å². The van der Waals surface area contributed by atoms with Crippen LogP contribution in [0.5, 0.6) is 11.5 Å². The zero-order valence-corrected chi connectivity index (χ0v) is 12.2. The molecule has 0 aromatic heterocycles. The van der Waals surface area contributed by atoms with E-state index in [1.54, 1.807) is 7.11 Å². The van der Waals surface area contributed by atoms with Crippen LogP contribution < -0.4 is 20.1 Å². The Labute approximate surface area is 125 Å². The van der Waals surface area contributed by atoms with E-state index in [9.17, 15) is 0 Å². The van der Waals surface area contributed by atoms with Crippen molar-refractivity contribution in [2.24, 2.45) is 0 Å². The third kappa shape index (κ3) is 2.89. The molecular weight excluding hydrogens is 264 g/mol. The standard InChI is InChI=1S/C17H20N2O2/c1-20-16-4-2-3-5-17(16)21-11-10-19-9-8-13-6-7-14(18)12-15(13)19/h2-7,12H,8-11,18H2,1H3. The lowest BCUT2D eigenvalue weighted by Crippen LogP contribution is -2.26. The minimum absolute atomic E-state index is 0.620. The molecule has 0 fully saturated rings. The summed E-state index contributed by atoms with van der Waals surface area (Å²) in [5, 5.41) is 0. The summed E-state index contributed by atoms with van der Waals surface area (Å²) in [6.45, 7) is 2.48. The Morgan fingerprint density at radius 3 is 2.76 bits per heavy atom. The number of para-hydroxylation sites is 2. The topological polar surface area (TPSA) is 47.7 Å². The highest BCUT2D eigenvalue weighted by Crippen LogP contribution is 2.30. The van der Waals surface area contributed by atoms with Crippen LogP contribution >= 0.6 is 0 Å². The van der Waals surface area contributed by atoms with Gasteiger partial charge in [0, 0.05) is 17.9 Å². The van der Waals surface area contributed by atoms with Gasteiger partial charge in [-0.15, -0.1) is 0 Å². The third-order valence-corrected chi connectivity index (χ3v) is 3.79. The Morgan fingerprint density at radius 2 is 1.95 bits per heavy atom. The fourth-order valence-corrected chi connectivity index (χ4v) is 2.70. The molecule has 0 saturated carbocycles. The number of ether oxygens (including phenoxy) is 2. The molecule has 0 bridgehead atoms. The van der Waals surface area contributed by atoms with Crippen LogP contribution in [0, 0.1) is 0 Å². The number of benzene rings is 2. The van der Waals surface area contributed by atoms with Gasteiger partial charge in [-0.05, 0) is 36.2 Å². The molecule has 0 radical (unpaired) electrons. The molecule has 2 aromatic rings. The van der Waals surface area contributed by atoms with Crippen LogP contribution in [0.2, 0.25) is 0 Å². The Kier molecular flexibility index (Phi) is 3.86. The van der Waals surface area contributed by atoms with Gasteiger partial charge in [-0.3, -0.25) is 0 Å². The molecule has 1 aliphatic heterocycles. The van der Waals surface area contributed by atoms with Gasteiger partial charge in [0.25, 0.3) is 0 Å². The summed E-state index contributed by atoms with van der Waals surface area (Å²) in [4.78, 5) is 2.32. The third-order valence-electron chi connectivity index (χ3n) is 3.79. The van der Waals surface area contributed by atoms with Gasteiger partial charge >= 0.3 is 0 Å². The van der Waals surface area contributed by atoms with Crippen molar-refractivity contribution >= 4 is 11.4 Å². The van der Waals surface area contributed by atoms with Crippen molar-refractivity contribution in [3.05, 3.63) is 48.0 Å². The van der Waals surface area contributed by atoms with Crippen LogP contribution in [0.1, 0.15) is 5.56 Å². The van der Waals surface area contributed by atoms with E-state index in [0.717, 1.165) is 36.7 Å². The van der Waals surface area contributed by atoms with Gasteiger partial charge in [-0.2, -0.15) is 0 Å². The molecular formula is C17H20N2O2. The molecule has 3 rings (SSSR count). The van der Waals surface area contributed by atoms with Gasteiger partial charge < -0.3 is 20.1 Å². The Hall–Kier alpha value is -2.36. The summed E-state index contributed by atoms with van der Waals surface area (Å²) in [5.41, 5.74) is 9.28. The number of nitrogens with two attached hydrogens (primary N) is 1. The Morgan fingerprint density at radius 1 is 1.14 bits per heavy atom. The molecule has 1 aliphatic rings. The second kappa shape index (κ2) is 5.95. The predicted octanol–water partition coefficient (Wildman–Crippen LogP) is 2.72. The van der Waals surface area contributed by atoms with Crippen molar-refractivity contribution in [3.8, 4) is 11.5 Å². The molecule has 0 amide bonds. The van der Waals surface area contributed by atoms with Crippen molar-refractivity contribution in [2.45, 2.75) is 6.42 Å². The van der Waals surface area contributed by atoms with Crippen molar-refractivity contribution in [1.29, 1.82) is 0 Å². The highest BCUT2D eigenvalue weighted by molar-refractivity contribution is 5.64. The van der Waals surface area contributed by atoms with E-state index in [4.69, 9.17) is 15.2 Å². The van der Waals surface area contributed by atoms with E-state index in [-0.39, 0.29) is 0 Å². The minimum Gasteiger partial charge on any atom is -0.493 e. The summed E-state index contributed by atoms with van der Waals surface area (Å²) >= 11 is 0. The van der Waals surface area contributed by atoms with Gasteiger partial charge in [-0.1, -0.05) is 18.2 Å². The van der Waals surface area contributed by atoms with E-state index in [2.05, 4.69) is 11.0 Å². The molecule has 1 heterocycles. The second-order valence-corrected chi connectivity index (χ2v) is 5.12. The fraction of sp³-hybridized carbons (Fsp3) is 0.294. The van der Waals surface area contributed by atoms with Gasteiger partial charge in [0.15, 0.2) is 11.5 Å². The summed E-state index contributed by atoms with van der Waals surface area (Å²) in [6.07, 6.45) is 1.07. The molecule has 0 saturated heterocycles. The molecule has 0 unspecified atom stereocenters. The predicted molar refractivity (Wildman–Crippen MR) is 85.3 cm³/mol. The van der Waals surface area contributed by atoms with Crippen LogP contribution in [-0.2, 0) is 6.42 Å². The van der Waals surface area contributed by atoms with Gasteiger partial charge in [0.05, 0.1) is 13.7 Å². The quantitative estimate of drug-likeness (QED) is 0.858. The first-order valence-electron chi connectivity index (χ1n) is 7.17. The Bertz CT molecular complexity index is 628. The molecule has 2 N–H and O–H groups in total. The average Bonchev–Trinajstić information content (AvgIpc) is 2.90. The maximum Gasteiger partial charge on any atom is 0.161 e. The fourth-order valence-electron chi connectivity index (χ4n) is 2.70. The zero-order chi connectivity index (χ0) is 14.7. The lowest BCUT2D eigenvalue weighted by Gasteiger charge is -2.20. The molecule has 0 atom stereocenters. The summed E-state index contributed by atoms with van der Waals surface area (Å²) in [6, 6.07) is 13.8. The normalized spacial score (nSPS) is 13.1. The molecule has 0 aliphatic carbocycles. The summed E-state index contributed by atoms with van der Waals surface area (Å²) in [5.74, 6) is 1.55. The molecule has 0 spiro atoms. The molecule has 110 valence electrons. The number of anilines is 2. The van der Waals surface area contributed by atoms with Gasteiger partial charge in [-0.25, -0.2) is 0 Å². The van der Waals surface area contributed by atoms with E-state index < -0.39 is 0 Å². The number of fused-ring (bicyclic) bond motifs is 1. The van der Waals surface area contributed by atoms with Gasteiger partial charge in [0.1, 0.15) is 6.61 Å². The van der Waals surface area contributed by atoms with Crippen molar-refractivity contribution in [1.82, 2.24) is 0 Å². The maximum absolute atomic E-state index is 5.88. The largest absolute Gasteiger partial charge is 0.493 e. The van der Waals surface area contributed by atoms with E-state index in [1.165, 1.54) is 11.3 Å². The number of nitrogens with zero attached hydrogens (tertiary/aromatic N) is 1. The summed E-state index contributed by atoms with van der Waals surface area (Å²) in [7, 11) is 1.65. The number of nitrogen functional groups attached to an aromatic ring is 1. The van der Waals surface area contributed by atoms with Crippen LogP contribution in [-0.4, -0.2) is 26.8 Å². The first kappa shape index (κ1) is 13.6. The first-order valence-corrected chi connectivity index (χ1v) is 7.17. The first-order chi connectivity index (χ1) is 10.3. The molecule has 21 heavy (non-hydrogen) atoms. The highest BCUT2D eigenvalue weighted by Gasteiger charge is 2.18. The van der Waals surface area contributed by atoms with Crippen molar-refractivity contribution in [3.63, 3.8) is 0 Å². The van der Waals surface area contributed by atoms with E-state index >= 15 is 0 Å². The number of rotatable bonds is 5. The van der Waals surface area contributed by atoms with Crippen LogP contribution in [0.15, 0.2) is 42.5 Å². The SMILES string of the molecule is COc1ccccc1OCCN1CCc2ccc(N)cc21. The van der Waals surface area contributed by atoms with E-state index in [0.29, 0.717) is 6.61 Å². The smallest absolute Gasteiger partial charge is 0.161 e.